The number of carbonyl (C=O) groups is 1. The van der Waals surface area contributed by atoms with Gasteiger partial charge in [0.2, 0.25) is 0 Å². The fraction of sp³-hybridized carbons (Fsp3) is 0.435. The first kappa shape index (κ1) is 20.0. The molecule has 1 amide bonds. The number of hydrogen-bond acceptors (Lipinski definition) is 3. The minimum absolute atomic E-state index is 0.281. The number of para-hydroxylation sites is 2. The first-order valence-corrected chi connectivity index (χ1v) is 10.9. The molecule has 4 rings (SSSR count). The van der Waals surface area contributed by atoms with E-state index < -0.39 is 0 Å². The summed E-state index contributed by atoms with van der Waals surface area (Å²) in [5.74, 6) is 0.281. The number of amides is 1. The van der Waals surface area contributed by atoms with E-state index in [4.69, 9.17) is 11.6 Å². The highest BCUT2D eigenvalue weighted by molar-refractivity contribution is 6.33. The van der Waals surface area contributed by atoms with Crippen molar-refractivity contribution in [2.24, 2.45) is 0 Å². The van der Waals surface area contributed by atoms with Gasteiger partial charge in [0.05, 0.1) is 36.9 Å². The van der Waals surface area contributed by atoms with E-state index in [1.165, 1.54) is 16.2 Å². The monoisotopic (exact) mass is 413 g/mol. The van der Waals surface area contributed by atoms with E-state index in [0.29, 0.717) is 6.54 Å². The first-order valence-electron chi connectivity index (χ1n) is 10.5. The number of hydrogen-bond donors (Lipinski definition) is 1. The average molecular weight is 414 g/mol. The summed E-state index contributed by atoms with van der Waals surface area (Å²) in [6.45, 7) is 10.0. The van der Waals surface area contributed by atoms with Crippen molar-refractivity contribution in [1.29, 1.82) is 0 Å². The molecule has 2 aromatic rings. The molecule has 0 saturated carbocycles. The van der Waals surface area contributed by atoms with Crippen LogP contribution in [-0.2, 0) is 4.79 Å². The zero-order valence-electron chi connectivity index (χ0n) is 17.1. The number of nitrogens with one attached hydrogen (secondary N) is 1. The Morgan fingerprint density at radius 1 is 0.862 bits per heavy atom. The van der Waals surface area contributed by atoms with E-state index in [1.807, 2.05) is 23.1 Å². The molecule has 2 heterocycles. The van der Waals surface area contributed by atoms with Crippen molar-refractivity contribution in [3.8, 4) is 0 Å². The van der Waals surface area contributed by atoms with Crippen LogP contribution in [0, 0.1) is 6.92 Å². The molecular formula is C23H30ClN4O+. The number of anilines is 2. The van der Waals surface area contributed by atoms with Crippen molar-refractivity contribution in [1.82, 2.24) is 4.90 Å². The van der Waals surface area contributed by atoms with E-state index in [2.05, 4.69) is 47.1 Å². The maximum atomic E-state index is 12.8. The lowest BCUT2D eigenvalue weighted by atomic mass is 10.1. The third kappa shape index (κ3) is 4.68. The van der Waals surface area contributed by atoms with Crippen molar-refractivity contribution in [2.45, 2.75) is 6.92 Å². The molecule has 0 unspecified atom stereocenters. The van der Waals surface area contributed by atoms with Gasteiger partial charge in [0.25, 0.3) is 5.91 Å². The number of aryl methyl sites for hydroxylation is 1. The Hall–Kier alpha value is -2.24. The first-order chi connectivity index (χ1) is 14.1. The maximum absolute atomic E-state index is 12.8. The van der Waals surface area contributed by atoms with Crippen molar-refractivity contribution < 1.29 is 9.69 Å². The molecule has 6 heteroatoms. The number of rotatable bonds is 4. The zero-order chi connectivity index (χ0) is 20.2. The fourth-order valence-corrected chi connectivity index (χ4v) is 4.64. The van der Waals surface area contributed by atoms with Crippen LogP contribution in [-0.4, -0.2) is 69.7 Å². The molecule has 2 saturated heterocycles. The molecule has 0 spiro atoms. The van der Waals surface area contributed by atoms with Crippen LogP contribution in [0.25, 0.3) is 0 Å². The van der Waals surface area contributed by atoms with Crippen LogP contribution in [0.2, 0.25) is 5.02 Å². The predicted molar refractivity (Wildman–Crippen MR) is 119 cm³/mol. The van der Waals surface area contributed by atoms with E-state index >= 15 is 0 Å². The van der Waals surface area contributed by atoms with Crippen molar-refractivity contribution in [3.63, 3.8) is 0 Å². The second kappa shape index (κ2) is 9.06. The smallest absolute Gasteiger partial charge is 0.277 e. The standard InChI is InChI=1S/C23H29ClN4O/c1-19-6-2-4-8-21(19)26-12-10-25(11-13-26)18-23(29)28-16-14-27(15-17-28)22-9-5-3-7-20(22)24/h2-9H,10-18H2,1H3/p+1. The molecule has 0 atom stereocenters. The molecule has 0 aliphatic carbocycles. The molecule has 2 aliphatic rings. The van der Waals surface area contributed by atoms with Crippen molar-refractivity contribution >= 4 is 28.9 Å². The number of halogens is 1. The SMILES string of the molecule is Cc1ccccc1N1CC[NH+](CC(=O)N2CCN(c3ccccc3Cl)CC2)CC1. The fourth-order valence-electron chi connectivity index (χ4n) is 4.39. The number of quaternary nitrogens is 1. The van der Waals surface area contributed by atoms with Gasteiger partial charge >= 0.3 is 0 Å². The highest BCUT2D eigenvalue weighted by Gasteiger charge is 2.27. The third-order valence-electron chi connectivity index (χ3n) is 6.15. The molecule has 0 aromatic heterocycles. The normalized spacial score (nSPS) is 18.2. The van der Waals surface area contributed by atoms with Gasteiger partial charge in [-0.25, -0.2) is 0 Å². The maximum Gasteiger partial charge on any atom is 0.277 e. The molecular weight excluding hydrogens is 384 g/mol. The molecule has 2 aromatic carbocycles. The molecule has 29 heavy (non-hydrogen) atoms. The van der Waals surface area contributed by atoms with Crippen LogP contribution in [0.4, 0.5) is 11.4 Å². The van der Waals surface area contributed by atoms with Gasteiger partial charge in [-0.2, -0.15) is 0 Å². The summed E-state index contributed by atoms with van der Waals surface area (Å²) in [6, 6.07) is 16.5. The van der Waals surface area contributed by atoms with Gasteiger partial charge in [0, 0.05) is 31.9 Å². The van der Waals surface area contributed by atoms with E-state index in [0.717, 1.165) is 63.1 Å². The van der Waals surface area contributed by atoms with Crippen LogP contribution in [0.1, 0.15) is 5.56 Å². The Bertz CT molecular complexity index is 842. The van der Waals surface area contributed by atoms with Gasteiger partial charge in [-0.3, -0.25) is 4.79 Å². The van der Waals surface area contributed by atoms with Gasteiger partial charge < -0.3 is 19.6 Å². The van der Waals surface area contributed by atoms with Crippen molar-refractivity contribution in [3.05, 3.63) is 59.1 Å². The molecule has 154 valence electrons. The van der Waals surface area contributed by atoms with Gasteiger partial charge in [-0.05, 0) is 30.7 Å². The molecule has 0 bridgehead atoms. The van der Waals surface area contributed by atoms with Crippen LogP contribution in [0.5, 0.6) is 0 Å². The largest absolute Gasteiger partial charge is 0.367 e. The lowest BCUT2D eigenvalue weighted by Gasteiger charge is -2.38. The second-order valence-corrected chi connectivity index (χ2v) is 8.43. The van der Waals surface area contributed by atoms with Gasteiger partial charge in [0.15, 0.2) is 6.54 Å². The molecule has 2 fully saturated rings. The summed E-state index contributed by atoms with van der Waals surface area (Å²) in [5, 5.41) is 0.781. The summed E-state index contributed by atoms with van der Waals surface area (Å²) in [5.41, 5.74) is 3.72. The summed E-state index contributed by atoms with van der Waals surface area (Å²) in [7, 11) is 0. The minimum atomic E-state index is 0.281. The van der Waals surface area contributed by atoms with Crippen LogP contribution in [0.3, 0.4) is 0 Å². The number of benzene rings is 2. The lowest BCUT2D eigenvalue weighted by Crippen LogP contribution is -3.16. The van der Waals surface area contributed by atoms with E-state index in [1.54, 1.807) is 0 Å². The van der Waals surface area contributed by atoms with Crippen LogP contribution >= 0.6 is 11.6 Å². The topological polar surface area (TPSA) is 31.2 Å². The van der Waals surface area contributed by atoms with Gasteiger partial charge in [0.1, 0.15) is 0 Å². The number of carbonyl (C=O) groups excluding carboxylic acids is 1. The number of nitrogens with zero attached hydrogens (tertiary/aromatic N) is 3. The predicted octanol–water partition coefficient (Wildman–Crippen LogP) is 1.70. The summed E-state index contributed by atoms with van der Waals surface area (Å²) < 4.78 is 0. The molecule has 2 aliphatic heterocycles. The lowest BCUT2D eigenvalue weighted by molar-refractivity contribution is -0.892. The Morgan fingerprint density at radius 3 is 2.10 bits per heavy atom. The van der Waals surface area contributed by atoms with E-state index in [-0.39, 0.29) is 5.91 Å². The Labute approximate surface area is 178 Å². The minimum Gasteiger partial charge on any atom is -0.367 e. The Kier molecular flexibility index (Phi) is 6.26. The molecule has 1 N–H and O–H groups in total. The number of piperazine rings is 2. The summed E-state index contributed by atoms with van der Waals surface area (Å²) >= 11 is 6.32. The average Bonchev–Trinajstić information content (AvgIpc) is 2.75. The molecule has 0 radical (unpaired) electrons. The second-order valence-electron chi connectivity index (χ2n) is 8.02. The van der Waals surface area contributed by atoms with Crippen LogP contribution in [0.15, 0.2) is 48.5 Å². The Balaban J connectivity index is 1.25. The Morgan fingerprint density at radius 2 is 1.45 bits per heavy atom. The summed E-state index contributed by atoms with van der Waals surface area (Å²) in [4.78, 5) is 21.0. The highest BCUT2D eigenvalue weighted by Crippen LogP contribution is 2.26. The van der Waals surface area contributed by atoms with Crippen molar-refractivity contribution in [2.75, 3.05) is 68.7 Å². The van der Waals surface area contributed by atoms with Gasteiger partial charge in [-0.1, -0.05) is 41.9 Å². The highest BCUT2D eigenvalue weighted by atomic mass is 35.5. The molecule has 5 nitrogen and oxygen atoms in total. The summed E-state index contributed by atoms with van der Waals surface area (Å²) in [6.07, 6.45) is 0. The third-order valence-corrected chi connectivity index (χ3v) is 6.47. The van der Waals surface area contributed by atoms with Gasteiger partial charge in [-0.15, -0.1) is 0 Å². The quantitative estimate of drug-likeness (QED) is 0.827. The van der Waals surface area contributed by atoms with E-state index in [9.17, 15) is 4.79 Å². The zero-order valence-corrected chi connectivity index (χ0v) is 17.9. The van der Waals surface area contributed by atoms with Crippen LogP contribution < -0.4 is 14.7 Å².